The molecule has 0 atom stereocenters. The lowest BCUT2D eigenvalue weighted by molar-refractivity contribution is -0.141. The van der Waals surface area contributed by atoms with E-state index in [4.69, 9.17) is 0 Å². The van der Waals surface area contributed by atoms with Gasteiger partial charge in [0.05, 0.1) is 6.54 Å². The van der Waals surface area contributed by atoms with E-state index in [9.17, 15) is 18.0 Å². The minimum Gasteiger partial charge on any atom is -0.354 e. The van der Waals surface area contributed by atoms with Gasteiger partial charge in [0.25, 0.3) is 0 Å². The zero-order valence-corrected chi connectivity index (χ0v) is 10.6. The van der Waals surface area contributed by atoms with Crippen LogP contribution in [0.1, 0.15) is 43.5 Å². The molecule has 1 saturated carbocycles. The zero-order chi connectivity index (χ0) is 14.0. The minimum atomic E-state index is -4.42. The van der Waals surface area contributed by atoms with Crippen molar-refractivity contribution in [2.75, 3.05) is 6.54 Å². The fraction of sp³-hybridized carbons (Fsp3) is 0.667. The van der Waals surface area contributed by atoms with Crippen LogP contribution in [0.15, 0.2) is 6.07 Å². The average molecular weight is 275 g/mol. The minimum absolute atomic E-state index is 0.115. The van der Waals surface area contributed by atoms with E-state index >= 15 is 0 Å². The van der Waals surface area contributed by atoms with E-state index < -0.39 is 11.9 Å². The number of rotatable bonds is 5. The molecule has 4 nitrogen and oxygen atoms in total. The van der Waals surface area contributed by atoms with Crippen LogP contribution in [0.4, 0.5) is 13.2 Å². The fourth-order valence-electron chi connectivity index (χ4n) is 1.88. The molecule has 1 aliphatic carbocycles. The summed E-state index contributed by atoms with van der Waals surface area (Å²) in [6, 6.07) is 1.12. The Morgan fingerprint density at radius 1 is 1.53 bits per heavy atom. The third-order valence-electron chi connectivity index (χ3n) is 3.06. The molecule has 0 aliphatic heterocycles. The molecule has 1 aliphatic rings. The van der Waals surface area contributed by atoms with Crippen LogP contribution >= 0.6 is 0 Å². The van der Waals surface area contributed by atoms with Crippen molar-refractivity contribution in [2.24, 2.45) is 0 Å². The summed E-state index contributed by atoms with van der Waals surface area (Å²) in [6.45, 7) is 2.29. The lowest BCUT2D eigenvalue weighted by Gasteiger charge is -2.07. The molecule has 7 heteroatoms. The second-order valence-electron chi connectivity index (χ2n) is 4.65. The van der Waals surface area contributed by atoms with E-state index in [0.29, 0.717) is 18.7 Å². The standard InChI is InChI=1S/C12H16F3N3O/c1-2-11(19)16-5-6-18-9(8-3-4-8)7-10(17-18)12(13,14)15/h7-8H,2-6H2,1H3,(H,16,19). The normalized spacial score (nSPS) is 15.6. The van der Waals surface area contributed by atoms with Crippen LogP contribution < -0.4 is 5.32 Å². The van der Waals surface area contributed by atoms with Gasteiger partial charge in [-0.05, 0) is 18.9 Å². The van der Waals surface area contributed by atoms with E-state index in [2.05, 4.69) is 10.4 Å². The molecule has 1 aromatic heterocycles. The van der Waals surface area contributed by atoms with Gasteiger partial charge in [-0.15, -0.1) is 0 Å². The molecule has 0 aromatic carbocycles. The maximum Gasteiger partial charge on any atom is 0.435 e. The van der Waals surface area contributed by atoms with Crippen LogP contribution in [-0.4, -0.2) is 22.2 Å². The summed E-state index contributed by atoms with van der Waals surface area (Å²) in [4.78, 5) is 11.1. The summed E-state index contributed by atoms with van der Waals surface area (Å²) in [6.07, 6.45) is -2.24. The lowest BCUT2D eigenvalue weighted by Crippen LogP contribution is -2.27. The Morgan fingerprint density at radius 2 is 2.21 bits per heavy atom. The van der Waals surface area contributed by atoms with Gasteiger partial charge < -0.3 is 5.32 Å². The number of hydrogen-bond acceptors (Lipinski definition) is 2. The Bertz CT molecular complexity index is 463. The van der Waals surface area contributed by atoms with Gasteiger partial charge in [-0.25, -0.2) is 0 Å². The van der Waals surface area contributed by atoms with Gasteiger partial charge in [-0.1, -0.05) is 6.92 Å². The summed E-state index contributed by atoms with van der Waals surface area (Å²) >= 11 is 0. The highest BCUT2D eigenvalue weighted by atomic mass is 19.4. The molecule has 0 radical (unpaired) electrons. The Morgan fingerprint density at radius 3 is 2.74 bits per heavy atom. The molecule has 1 N–H and O–H groups in total. The maximum absolute atomic E-state index is 12.6. The largest absolute Gasteiger partial charge is 0.435 e. The van der Waals surface area contributed by atoms with Gasteiger partial charge in [0.1, 0.15) is 0 Å². The van der Waals surface area contributed by atoms with Gasteiger partial charge in [0.15, 0.2) is 5.69 Å². The molecule has 0 bridgehead atoms. The van der Waals surface area contributed by atoms with Crippen molar-refractivity contribution in [3.05, 3.63) is 17.5 Å². The highest BCUT2D eigenvalue weighted by Gasteiger charge is 2.37. The number of halogens is 3. The monoisotopic (exact) mass is 275 g/mol. The van der Waals surface area contributed by atoms with Gasteiger partial charge in [-0.3, -0.25) is 9.48 Å². The summed E-state index contributed by atoms with van der Waals surface area (Å²) in [5, 5.41) is 6.24. The Kier molecular flexibility index (Phi) is 3.82. The van der Waals surface area contributed by atoms with Crippen molar-refractivity contribution in [2.45, 2.75) is 44.8 Å². The van der Waals surface area contributed by atoms with Gasteiger partial charge in [-0.2, -0.15) is 18.3 Å². The highest BCUT2D eigenvalue weighted by Crippen LogP contribution is 2.41. The number of alkyl halides is 3. The second-order valence-corrected chi connectivity index (χ2v) is 4.65. The van der Waals surface area contributed by atoms with E-state index in [1.54, 1.807) is 6.92 Å². The molecule has 0 spiro atoms. The summed E-state index contributed by atoms with van der Waals surface area (Å²) in [7, 11) is 0. The van der Waals surface area contributed by atoms with Gasteiger partial charge >= 0.3 is 6.18 Å². The van der Waals surface area contributed by atoms with Crippen LogP contribution in [0.3, 0.4) is 0 Å². The number of carbonyl (C=O) groups excluding carboxylic acids is 1. The third kappa shape index (κ3) is 3.48. The summed E-state index contributed by atoms with van der Waals surface area (Å²) in [5.41, 5.74) is -0.228. The SMILES string of the molecule is CCC(=O)NCCn1nc(C(F)(F)F)cc1C1CC1. The number of hydrogen-bond donors (Lipinski definition) is 1. The molecule has 106 valence electrons. The first kappa shape index (κ1) is 13.9. The second kappa shape index (κ2) is 5.22. The molecule has 19 heavy (non-hydrogen) atoms. The quantitative estimate of drug-likeness (QED) is 0.896. The number of aromatic nitrogens is 2. The first-order valence-electron chi connectivity index (χ1n) is 6.33. The lowest BCUT2D eigenvalue weighted by atomic mass is 10.2. The van der Waals surface area contributed by atoms with Crippen LogP contribution in [0, 0.1) is 0 Å². The van der Waals surface area contributed by atoms with Crippen LogP contribution in [0.5, 0.6) is 0 Å². The van der Waals surface area contributed by atoms with Crippen molar-refractivity contribution in [1.82, 2.24) is 15.1 Å². The Hall–Kier alpha value is -1.53. The van der Waals surface area contributed by atoms with E-state index in [0.717, 1.165) is 18.9 Å². The van der Waals surface area contributed by atoms with Crippen LogP contribution in [-0.2, 0) is 17.5 Å². The van der Waals surface area contributed by atoms with E-state index in [1.165, 1.54) is 4.68 Å². The number of amides is 1. The molecule has 1 aromatic rings. The predicted octanol–water partition coefficient (Wildman–Crippen LogP) is 2.31. The van der Waals surface area contributed by atoms with E-state index in [-0.39, 0.29) is 18.4 Å². The van der Waals surface area contributed by atoms with E-state index in [1.807, 2.05) is 0 Å². The molecule has 2 rings (SSSR count). The molecule has 1 amide bonds. The smallest absolute Gasteiger partial charge is 0.354 e. The predicted molar refractivity (Wildman–Crippen MR) is 62.5 cm³/mol. The topological polar surface area (TPSA) is 46.9 Å². The molecule has 1 heterocycles. The van der Waals surface area contributed by atoms with Gasteiger partial charge in [0, 0.05) is 24.6 Å². The van der Waals surface area contributed by atoms with Crippen molar-refractivity contribution >= 4 is 5.91 Å². The number of nitrogens with zero attached hydrogens (tertiary/aromatic N) is 2. The zero-order valence-electron chi connectivity index (χ0n) is 10.6. The highest BCUT2D eigenvalue weighted by molar-refractivity contribution is 5.75. The van der Waals surface area contributed by atoms with Crippen molar-refractivity contribution in [3.8, 4) is 0 Å². The first-order chi connectivity index (χ1) is 8.91. The van der Waals surface area contributed by atoms with Crippen molar-refractivity contribution in [3.63, 3.8) is 0 Å². The first-order valence-corrected chi connectivity index (χ1v) is 6.33. The van der Waals surface area contributed by atoms with Crippen LogP contribution in [0.25, 0.3) is 0 Å². The maximum atomic E-state index is 12.6. The number of nitrogens with one attached hydrogen (secondary N) is 1. The van der Waals surface area contributed by atoms with Crippen LogP contribution in [0.2, 0.25) is 0 Å². The average Bonchev–Trinajstić information content (AvgIpc) is 3.08. The molecule has 1 fully saturated rings. The molecule has 0 unspecified atom stereocenters. The molecule has 0 saturated heterocycles. The molecular formula is C12H16F3N3O. The number of carbonyl (C=O) groups is 1. The van der Waals surface area contributed by atoms with Crippen molar-refractivity contribution in [1.29, 1.82) is 0 Å². The Balaban J connectivity index is 2.05. The van der Waals surface area contributed by atoms with Gasteiger partial charge in [0.2, 0.25) is 5.91 Å². The summed E-state index contributed by atoms with van der Waals surface area (Å²) < 4.78 is 39.2. The fourth-order valence-corrected chi connectivity index (χ4v) is 1.88. The summed E-state index contributed by atoms with van der Waals surface area (Å²) in [5.74, 6) is 0.0710. The Labute approximate surface area is 109 Å². The van der Waals surface area contributed by atoms with Crippen molar-refractivity contribution < 1.29 is 18.0 Å². The molecular weight excluding hydrogens is 259 g/mol. The third-order valence-corrected chi connectivity index (χ3v) is 3.06.